The normalized spacial score (nSPS) is 17.8. The van der Waals surface area contributed by atoms with Crippen molar-refractivity contribution in [2.75, 3.05) is 13.1 Å². The Morgan fingerprint density at radius 2 is 1.94 bits per heavy atom. The highest BCUT2D eigenvalue weighted by molar-refractivity contribution is 5.79. The molecule has 0 aromatic carbocycles. The first-order chi connectivity index (χ1) is 7.66. The predicted octanol–water partition coefficient (Wildman–Crippen LogP) is 2.15. The number of rotatable bonds is 5. The summed E-state index contributed by atoms with van der Waals surface area (Å²) in [4.78, 5) is 14.3. The zero-order valence-electron chi connectivity index (χ0n) is 10.7. The minimum absolute atomic E-state index is 0.286. The maximum atomic E-state index is 12.3. The molecule has 94 valence electrons. The van der Waals surface area contributed by atoms with E-state index in [4.69, 9.17) is 5.73 Å². The van der Waals surface area contributed by atoms with Crippen molar-refractivity contribution in [3.05, 3.63) is 0 Å². The second-order valence-corrected chi connectivity index (χ2v) is 5.10. The lowest BCUT2D eigenvalue weighted by atomic mass is 9.88. The fraction of sp³-hybridized carbons (Fsp3) is 0.923. The van der Waals surface area contributed by atoms with E-state index in [2.05, 4.69) is 13.8 Å². The molecule has 0 bridgehead atoms. The van der Waals surface area contributed by atoms with Crippen LogP contribution < -0.4 is 5.73 Å². The van der Waals surface area contributed by atoms with Gasteiger partial charge in [0, 0.05) is 18.5 Å². The van der Waals surface area contributed by atoms with E-state index in [1.165, 1.54) is 19.3 Å². The van der Waals surface area contributed by atoms with Crippen molar-refractivity contribution >= 4 is 5.91 Å². The van der Waals surface area contributed by atoms with Gasteiger partial charge in [0.05, 0.1) is 0 Å². The van der Waals surface area contributed by atoms with Gasteiger partial charge in [-0.3, -0.25) is 4.79 Å². The Labute approximate surface area is 99.4 Å². The van der Waals surface area contributed by atoms with Crippen LogP contribution in [-0.4, -0.2) is 29.9 Å². The van der Waals surface area contributed by atoms with E-state index in [1.807, 2.05) is 4.90 Å². The third kappa shape index (κ3) is 3.78. The Bertz CT molecular complexity index is 210. The molecule has 3 nitrogen and oxygen atoms in total. The zero-order valence-corrected chi connectivity index (χ0v) is 10.7. The molecule has 0 heterocycles. The summed E-state index contributed by atoms with van der Waals surface area (Å²) in [5.74, 6) is 0.650. The van der Waals surface area contributed by atoms with Crippen LogP contribution in [0, 0.1) is 5.92 Å². The molecule has 1 fully saturated rings. The Balaban J connectivity index is 2.51. The van der Waals surface area contributed by atoms with Crippen LogP contribution in [-0.2, 0) is 4.79 Å². The van der Waals surface area contributed by atoms with Crippen molar-refractivity contribution in [2.24, 2.45) is 11.7 Å². The van der Waals surface area contributed by atoms with Gasteiger partial charge in [-0.05, 0) is 39.7 Å². The first-order valence-corrected chi connectivity index (χ1v) is 6.67. The van der Waals surface area contributed by atoms with E-state index >= 15 is 0 Å². The summed E-state index contributed by atoms with van der Waals surface area (Å²) in [7, 11) is 0. The van der Waals surface area contributed by atoms with E-state index in [9.17, 15) is 4.79 Å². The molecule has 0 aliphatic heterocycles. The Morgan fingerprint density at radius 1 is 1.31 bits per heavy atom. The van der Waals surface area contributed by atoms with E-state index < -0.39 is 0 Å². The van der Waals surface area contributed by atoms with Crippen molar-refractivity contribution in [3.8, 4) is 0 Å². The molecule has 0 radical (unpaired) electrons. The van der Waals surface area contributed by atoms with E-state index in [0.717, 1.165) is 25.8 Å². The average molecular weight is 226 g/mol. The quantitative estimate of drug-likeness (QED) is 0.781. The van der Waals surface area contributed by atoms with E-state index in [0.29, 0.717) is 18.5 Å². The summed E-state index contributed by atoms with van der Waals surface area (Å²) in [5, 5.41) is 0. The van der Waals surface area contributed by atoms with Crippen molar-refractivity contribution in [1.29, 1.82) is 0 Å². The van der Waals surface area contributed by atoms with Gasteiger partial charge in [0.2, 0.25) is 5.91 Å². The summed E-state index contributed by atoms with van der Waals surface area (Å²) < 4.78 is 0. The van der Waals surface area contributed by atoms with Crippen LogP contribution in [0.15, 0.2) is 0 Å². The van der Waals surface area contributed by atoms with Gasteiger partial charge in [0.1, 0.15) is 0 Å². The molecular formula is C13H26N2O. The Kier molecular flexibility index (Phi) is 5.81. The van der Waals surface area contributed by atoms with Crippen LogP contribution in [0.1, 0.15) is 52.4 Å². The van der Waals surface area contributed by atoms with Crippen molar-refractivity contribution < 1.29 is 4.79 Å². The highest BCUT2D eigenvalue weighted by Crippen LogP contribution is 2.26. The number of hydrogen-bond donors (Lipinski definition) is 1. The molecule has 0 aromatic heterocycles. The predicted molar refractivity (Wildman–Crippen MR) is 67.1 cm³/mol. The highest BCUT2D eigenvalue weighted by Gasteiger charge is 2.26. The fourth-order valence-electron chi connectivity index (χ4n) is 2.47. The summed E-state index contributed by atoms with van der Waals surface area (Å²) in [6.07, 6.45) is 6.83. The molecule has 1 aliphatic carbocycles. The second kappa shape index (κ2) is 6.89. The molecule has 1 aliphatic rings. The van der Waals surface area contributed by atoms with Crippen molar-refractivity contribution in [2.45, 2.75) is 58.4 Å². The number of carbonyl (C=O) groups is 1. The number of amides is 1. The average Bonchev–Trinajstić information content (AvgIpc) is 2.30. The molecule has 0 atom stereocenters. The van der Waals surface area contributed by atoms with Gasteiger partial charge < -0.3 is 10.6 Å². The summed E-state index contributed by atoms with van der Waals surface area (Å²) in [6.45, 7) is 5.68. The SMILES string of the molecule is CC(C)N(CCCN)C(=O)C1CCCCC1. The standard InChI is InChI=1S/C13H26N2O/c1-11(2)15(10-6-9-14)13(16)12-7-4-3-5-8-12/h11-12H,3-10,14H2,1-2H3. The van der Waals surface area contributed by atoms with Crippen LogP contribution in [0.2, 0.25) is 0 Å². The molecule has 2 N–H and O–H groups in total. The lowest BCUT2D eigenvalue weighted by Crippen LogP contribution is -2.42. The molecule has 1 rings (SSSR count). The zero-order chi connectivity index (χ0) is 12.0. The third-order valence-electron chi connectivity index (χ3n) is 3.46. The molecule has 0 saturated heterocycles. The van der Waals surface area contributed by atoms with Gasteiger partial charge in [-0.25, -0.2) is 0 Å². The number of carbonyl (C=O) groups excluding carboxylic acids is 1. The topological polar surface area (TPSA) is 46.3 Å². The molecule has 3 heteroatoms. The molecule has 1 saturated carbocycles. The first-order valence-electron chi connectivity index (χ1n) is 6.67. The largest absolute Gasteiger partial charge is 0.340 e. The first kappa shape index (κ1) is 13.5. The van der Waals surface area contributed by atoms with Gasteiger partial charge in [0.25, 0.3) is 0 Å². The summed E-state index contributed by atoms with van der Waals surface area (Å²) >= 11 is 0. The van der Waals surface area contributed by atoms with Gasteiger partial charge in [-0.1, -0.05) is 19.3 Å². The summed E-state index contributed by atoms with van der Waals surface area (Å²) in [5.41, 5.74) is 5.52. The molecule has 1 amide bonds. The minimum atomic E-state index is 0.286. The van der Waals surface area contributed by atoms with E-state index in [1.54, 1.807) is 0 Å². The Hall–Kier alpha value is -0.570. The van der Waals surface area contributed by atoms with Crippen molar-refractivity contribution in [3.63, 3.8) is 0 Å². The van der Waals surface area contributed by atoms with Crippen LogP contribution in [0.25, 0.3) is 0 Å². The van der Waals surface area contributed by atoms with Crippen LogP contribution >= 0.6 is 0 Å². The lowest BCUT2D eigenvalue weighted by molar-refractivity contribution is -0.138. The van der Waals surface area contributed by atoms with Crippen molar-refractivity contribution in [1.82, 2.24) is 4.90 Å². The molecule has 0 aromatic rings. The molecular weight excluding hydrogens is 200 g/mol. The maximum absolute atomic E-state index is 12.3. The number of nitrogens with two attached hydrogens (primary N) is 1. The van der Waals surface area contributed by atoms with Crippen LogP contribution in [0.4, 0.5) is 0 Å². The Morgan fingerprint density at radius 3 is 2.44 bits per heavy atom. The van der Waals surface area contributed by atoms with Gasteiger partial charge in [-0.2, -0.15) is 0 Å². The van der Waals surface area contributed by atoms with E-state index in [-0.39, 0.29) is 5.92 Å². The summed E-state index contributed by atoms with van der Waals surface area (Å²) in [6, 6.07) is 0.306. The maximum Gasteiger partial charge on any atom is 0.225 e. The smallest absolute Gasteiger partial charge is 0.225 e. The molecule has 0 unspecified atom stereocenters. The second-order valence-electron chi connectivity index (χ2n) is 5.10. The highest BCUT2D eigenvalue weighted by atomic mass is 16.2. The number of hydrogen-bond acceptors (Lipinski definition) is 2. The minimum Gasteiger partial charge on any atom is -0.340 e. The third-order valence-corrected chi connectivity index (χ3v) is 3.46. The van der Waals surface area contributed by atoms with Gasteiger partial charge in [0.15, 0.2) is 0 Å². The lowest BCUT2D eigenvalue weighted by Gasteiger charge is -2.32. The monoisotopic (exact) mass is 226 g/mol. The van der Waals surface area contributed by atoms with Crippen LogP contribution in [0.3, 0.4) is 0 Å². The van der Waals surface area contributed by atoms with Gasteiger partial charge >= 0.3 is 0 Å². The molecule has 16 heavy (non-hydrogen) atoms. The number of nitrogens with zero attached hydrogens (tertiary/aromatic N) is 1. The van der Waals surface area contributed by atoms with Gasteiger partial charge in [-0.15, -0.1) is 0 Å². The molecule has 0 spiro atoms. The fourth-order valence-corrected chi connectivity index (χ4v) is 2.47. The van der Waals surface area contributed by atoms with Crippen LogP contribution in [0.5, 0.6) is 0 Å².